The van der Waals surface area contributed by atoms with E-state index in [2.05, 4.69) is 26.5 Å². The van der Waals surface area contributed by atoms with Crippen LogP contribution in [0.3, 0.4) is 0 Å². The van der Waals surface area contributed by atoms with Crippen LogP contribution in [0.25, 0.3) is 0 Å². The summed E-state index contributed by atoms with van der Waals surface area (Å²) in [6.45, 7) is 0. The predicted octanol–water partition coefficient (Wildman–Crippen LogP) is 2.98. The van der Waals surface area contributed by atoms with Crippen LogP contribution in [0.5, 0.6) is 0 Å². The largest absolute Gasteiger partial charge is 0.382 e. The highest BCUT2D eigenvalue weighted by molar-refractivity contribution is 9.10. The van der Waals surface area contributed by atoms with Crippen LogP contribution in [-0.4, -0.2) is 11.5 Å². The standard InChI is InChI=1S/C9H6BrCl2N5/c10-4-1-2-5(8(12)7(4)11)16-17-6(3-13)9(14)15/h1-2,16H,(H3,14,15)/b17-6+. The third kappa shape index (κ3) is 3.33. The van der Waals surface area contributed by atoms with Crippen molar-refractivity contribution in [1.29, 1.82) is 10.7 Å². The average molecular weight is 335 g/mol. The summed E-state index contributed by atoms with van der Waals surface area (Å²) >= 11 is 15.0. The number of nitrogens with two attached hydrogens (primary N) is 1. The molecule has 5 nitrogen and oxygen atoms in total. The Hall–Kier alpha value is -1.29. The molecule has 0 saturated heterocycles. The number of rotatable bonds is 3. The fraction of sp³-hybridized carbons (Fsp3) is 0. The molecule has 1 aromatic rings. The summed E-state index contributed by atoms with van der Waals surface area (Å²) in [5.74, 6) is -0.431. The molecule has 88 valence electrons. The van der Waals surface area contributed by atoms with Gasteiger partial charge in [0.1, 0.15) is 6.07 Å². The van der Waals surface area contributed by atoms with E-state index in [1.807, 2.05) is 0 Å². The summed E-state index contributed by atoms with van der Waals surface area (Å²) < 4.78 is 0.644. The smallest absolute Gasteiger partial charge is 0.201 e. The molecule has 0 aliphatic carbocycles. The molecule has 0 bridgehead atoms. The number of nitrogens with zero attached hydrogens (tertiary/aromatic N) is 2. The monoisotopic (exact) mass is 333 g/mol. The molecule has 0 atom stereocenters. The number of anilines is 1. The lowest BCUT2D eigenvalue weighted by atomic mass is 10.3. The molecule has 0 unspecified atom stereocenters. The van der Waals surface area contributed by atoms with Crippen LogP contribution < -0.4 is 11.2 Å². The summed E-state index contributed by atoms with van der Waals surface area (Å²) in [7, 11) is 0. The van der Waals surface area contributed by atoms with Crippen molar-refractivity contribution in [2.75, 3.05) is 5.43 Å². The second-order valence-corrected chi connectivity index (χ2v) is 4.43. The normalized spacial score (nSPS) is 10.8. The Balaban J connectivity index is 3.02. The summed E-state index contributed by atoms with van der Waals surface area (Å²) in [6, 6.07) is 4.96. The number of nitriles is 1. The van der Waals surface area contributed by atoms with Gasteiger partial charge in [-0.05, 0) is 28.1 Å². The number of amidine groups is 1. The Morgan fingerprint density at radius 1 is 1.47 bits per heavy atom. The SMILES string of the molecule is N#C/C(=N\Nc1ccc(Br)c(Cl)c1Cl)C(=N)N. The topological polar surface area (TPSA) is 98.0 Å². The quantitative estimate of drug-likeness (QED) is 0.343. The zero-order chi connectivity index (χ0) is 13.0. The fourth-order valence-corrected chi connectivity index (χ4v) is 1.69. The van der Waals surface area contributed by atoms with Crippen molar-refractivity contribution in [3.8, 4) is 6.07 Å². The van der Waals surface area contributed by atoms with Crippen LogP contribution in [-0.2, 0) is 0 Å². The molecule has 0 aliphatic heterocycles. The predicted molar refractivity (Wildman–Crippen MR) is 72.7 cm³/mol. The Kier molecular flexibility index (Phi) is 4.75. The fourth-order valence-electron chi connectivity index (χ4n) is 0.874. The maximum atomic E-state index is 8.63. The highest BCUT2D eigenvalue weighted by atomic mass is 79.9. The van der Waals surface area contributed by atoms with Crippen molar-refractivity contribution in [3.05, 3.63) is 26.7 Å². The van der Waals surface area contributed by atoms with E-state index in [-0.39, 0.29) is 10.7 Å². The molecule has 1 aromatic carbocycles. The lowest BCUT2D eigenvalue weighted by Crippen LogP contribution is -2.21. The molecule has 0 saturated carbocycles. The third-order valence-electron chi connectivity index (χ3n) is 1.68. The van der Waals surface area contributed by atoms with Gasteiger partial charge in [0.2, 0.25) is 5.71 Å². The summed E-state index contributed by atoms with van der Waals surface area (Å²) in [5, 5.41) is 19.9. The minimum absolute atomic E-state index is 0.236. The lowest BCUT2D eigenvalue weighted by Gasteiger charge is -2.06. The minimum atomic E-state index is -0.431. The number of benzene rings is 1. The Labute approximate surface area is 116 Å². The number of hydrazone groups is 1. The minimum Gasteiger partial charge on any atom is -0.382 e. The summed E-state index contributed by atoms with van der Waals surface area (Å²) in [6.07, 6.45) is 0. The van der Waals surface area contributed by atoms with Gasteiger partial charge in [-0.1, -0.05) is 23.2 Å². The van der Waals surface area contributed by atoms with Gasteiger partial charge >= 0.3 is 0 Å². The van der Waals surface area contributed by atoms with E-state index in [0.717, 1.165) is 0 Å². The zero-order valence-corrected chi connectivity index (χ0v) is 11.4. The van der Waals surface area contributed by atoms with Gasteiger partial charge in [-0.25, -0.2) is 0 Å². The average Bonchev–Trinajstić information content (AvgIpc) is 2.29. The lowest BCUT2D eigenvalue weighted by molar-refractivity contribution is 1.33. The highest BCUT2D eigenvalue weighted by Crippen LogP contribution is 2.35. The van der Waals surface area contributed by atoms with Crippen molar-refractivity contribution in [2.45, 2.75) is 0 Å². The molecule has 0 amide bonds. The van der Waals surface area contributed by atoms with Crippen molar-refractivity contribution in [3.63, 3.8) is 0 Å². The van der Waals surface area contributed by atoms with Gasteiger partial charge in [-0.15, -0.1) is 0 Å². The second-order valence-electron chi connectivity index (χ2n) is 2.82. The Bertz CT molecular complexity index is 535. The first-order valence-corrected chi connectivity index (χ1v) is 5.74. The molecular weight excluding hydrogens is 329 g/mol. The first kappa shape index (κ1) is 13.8. The van der Waals surface area contributed by atoms with E-state index in [1.54, 1.807) is 18.2 Å². The first-order chi connectivity index (χ1) is 7.97. The van der Waals surface area contributed by atoms with Crippen molar-refractivity contribution >= 4 is 56.4 Å². The molecule has 0 aromatic heterocycles. The summed E-state index contributed by atoms with van der Waals surface area (Å²) in [5.41, 5.74) is 7.82. The van der Waals surface area contributed by atoms with Gasteiger partial charge < -0.3 is 5.73 Å². The van der Waals surface area contributed by atoms with Gasteiger partial charge in [0, 0.05) is 4.47 Å². The Morgan fingerprint density at radius 3 is 2.65 bits per heavy atom. The third-order valence-corrected chi connectivity index (χ3v) is 3.46. The van der Waals surface area contributed by atoms with Crippen molar-refractivity contribution in [1.82, 2.24) is 0 Å². The van der Waals surface area contributed by atoms with Crippen LogP contribution in [0.15, 0.2) is 21.7 Å². The van der Waals surface area contributed by atoms with Crippen LogP contribution >= 0.6 is 39.1 Å². The van der Waals surface area contributed by atoms with Crippen molar-refractivity contribution in [2.24, 2.45) is 10.8 Å². The molecular formula is C9H6BrCl2N5. The zero-order valence-electron chi connectivity index (χ0n) is 8.26. The molecule has 0 radical (unpaired) electrons. The van der Waals surface area contributed by atoms with E-state index in [0.29, 0.717) is 15.2 Å². The summed E-state index contributed by atoms with van der Waals surface area (Å²) in [4.78, 5) is 0. The number of hydrogen-bond acceptors (Lipinski definition) is 4. The van der Waals surface area contributed by atoms with Gasteiger partial charge in [0.25, 0.3) is 0 Å². The molecule has 1 rings (SSSR count). The number of nitrogens with one attached hydrogen (secondary N) is 2. The molecule has 17 heavy (non-hydrogen) atoms. The van der Waals surface area contributed by atoms with Crippen molar-refractivity contribution < 1.29 is 0 Å². The maximum Gasteiger partial charge on any atom is 0.201 e. The molecule has 0 spiro atoms. The van der Waals surface area contributed by atoms with Gasteiger partial charge in [0.05, 0.1) is 15.7 Å². The molecule has 8 heteroatoms. The molecule has 4 N–H and O–H groups in total. The molecule has 0 aliphatic rings. The number of hydrogen-bond donors (Lipinski definition) is 3. The Morgan fingerprint density at radius 2 is 2.12 bits per heavy atom. The first-order valence-electron chi connectivity index (χ1n) is 4.19. The molecule has 0 fully saturated rings. The van der Waals surface area contributed by atoms with E-state index in [4.69, 9.17) is 39.6 Å². The van der Waals surface area contributed by atoms with E-state index < -0.39 is 5.84 Å². The van der Waals surface area contributed by atoms with E-state index >= 15 is 0 Å². The van der Waals surface area contributed by atoms with Crippen LogP contribution in [0.1, 0.15) is 0 Å². The van der Waals surface area contributed by atoms with Crippen LogP contribution in [0.2, 0.25) is 10.0 Å². The van der Waals surface area contributed by atoms with Crippen LogP contribution in [0.4, 0.5) is 5.69 Å². The van der Waals surface area contributed by atoms with Gasteiger partial charge in [0.15, 0.2) is 5.84 Å². The maximum absolute atomic E-state index is 8.63. The van der Waals surface area contributed by atoms with Gasteiger partial charge in [-0.2, -0.15) is 10.4 Å². The molecule has 0 heterocycles. The number of halogens is 3. The second kappa shape index (κ2) is 5.87. The van der Waals surface area contributed by atoms with E-state index in [9.17, 15) is 0 Å². The highest BCUT2D eigenvalue weighted by Gasteiger charge is 2.08. The van der Waals surface area contributed by atoms with Gasteiger partial charge in [-0.3, -0.25) is 10.8 Å². The van der Waals surface area contributed by atoms with E-state index in [1.165, 1.54) is 0 Å². The van der Waals surface area contributed by atoms with Crippen LogP contribution in [0, 0.1) is 16.7 Å².